The van der Waals surface area contributed by atoms with Crippen molar-refractivity contribution >= 4 is 40.4 Å². The van der Waals surface area contributed by atoms with Gasteiger partial charge in [-0.2, -0.15) is 0 Å². The van der Waals surface area contributed by atoms with Crippen molar-refractivity contribution in [3.05, 3.63) is 28.6 Å². The molecule has 8 nitrogen and oxygen atoms in total. The van der Waals surface area contributed by atoms with Crippen LogP contribution in [0.4, 0.5) is 11.4 Å². The molecular formula is C20H27N5O3S. The molecule has 156 valence electrons. The largest absolute Gasteiger partial charge is 0.353 e. The number of aromatic nitrogens is 1. The lowest BCUT2D eigenvalue weighted by molar-refractivity contribution is -0.122. The number of nitrogens with zero attached hydrogens (tertiary/aromatic N) is 2. The van der Waals surface area contributed by atoms with Gasteiger partial charge in [-0.25, -0.2) is 4.98 Å². The van der Waals surface area contributed by atoms with E-state index >= 15 is 0 Å². The van der Waals surface area contributed by atoms with Crippen LogP contribution in [0.1, 0.15) is 32.7 Å². The molecule has 3 N–H and O–H groups in total. The second-order valence-electron chi connectivity index (χ2n) is 7.14. The van der Waals surface area contributed by atoms with Crippen molar-refractivity contribution in [1.82, 2.24) is 15.2 Å². The molecule has 0 saturated heterocycles. The van der Waals surface area contributed by atoms with Crippen molar-refractivity contribution in [3.8, 4) is 11.3 Å². The molecule has 0 atom stereocenters. The summed E-state index contributed by atoms with van der Waals surface area (Å²) in [6.45, 7) is 7.53. The Morgan fingerprint density at radius 2 is 1.83 bits per heavy atom. The van der Waals surface area contributed by atoms with Gasteiger partial charge in [0.05, 0.1) is 24.5 Å². The van der Waals surface area contributed by atoms with E-state index in [4.69, 9.17) is 0 Å². The van der Waals surface area contributed by atoms with E-state index < -0.39 is 0 Å². The summed E-state index contributed by atoms with van der Waals surface area (Å²) in [6.07, 6.45) is 0. The predicted octanol–water partition coefficient (Wildman–Crippen LogP) is 2.68. The van der Waals surface area contributed by atoms with Gasteiger partial charge in [-0.05, 0) is 39.1 Å². The van der Waals surface area contributed by atoms with Gasteiger partial charge in [0.25, 0.3) is 0 Å². The Morgan fingerprint density at radius 1 is 1.14 bits per heavy atom. The third-order valence-electron chi connectivity index (χ3n) is 3.75. The van der Waals surface area contributed by atoms with E-state index in [1.54, 1.807) is 12.1 Å². The Bertz CT molecular complexity index is 894. The number of likely N-dealkylation sites (N-methyl/N-ethyl adjacent to an activating group) is 1. The fourth-order valence-electron chi connectivity index (χ4n) is 2.75. The van der Waals surface area contributed by atoms with Crippen molar-refractivity contribution < 1.29 is 14.4 Å². The van der Waals surface area contributed by atoms with Crippen molar-refractivity contribution in [2.75, 3.05) is 24.2 Å². The minimum Gasteiger partial charge on any atom is -0.353 e. The van der Waals surface area contributed by atoms with E-state index in [9.17, 15) is 14.4 Å². The van der Waals surface area contributed by atoms with Gasteiger partial charge < -0.3 is 16.0 Å². The Kier molecular flexibility index (Phi) is 7.86. The summed E-state index contributed by atoms with van der Waals surface area (Å²) in [4.78, 5) is 41.3. The molecule has 0 fully saturated rings. The Labute approximate surface area is 174 Å². The number of hydrogen-bond acceptors (Lipinski definition) is 6. The van der Waals surface area contributed by atoms with Gasteiger partial charge >= 0.3 is 0 Å². The summed E-state index contributed by atoms with van der Waals surface area (Å²) < 4.78 is 0. The highest BCUT2D eigenvalue weighted by atomic mass is 32.1. The number of nitrogens with one attached hydrogen (secondary N) is 3. The molecule has 0 aliphatic rings. The molecule has 0 saturated carbocycles. The first kappa shape index (κ1) is 22.5. The van der Waals surface area contributed by atoms with Crippen LogP contribution in [-0.2, 0) is 20.9 Å². The number of hydrogen-bond donors (Lipinski definition) is 3. The molecule has 0 radical (unpaired) electrons. The Hall–Kier alpha value is -2.78. The summed E-state index contributed by atoms with van der Waals surface area (Å²) in [5.41, 5.74) is 2.65. The first-order valence-corrected chi connectivity index (χ1v) is 10.1. The number of carbonyl (C=O) groups is 3. The van der Waals surface area contributed by atoms with Gasteiger partial charge in [-0.3, -0.25) is 19.3 Å². The molecule has 9 heteroatoms. The monoisotopic (exact) mass is 417 g/mol. The molecule has 0 aliphatic heterocycles. The maximum atomic E-state index is 11.9. The first-order chi connectivity index (χ1) is 13.6. The maximum absolute atomic E-state index is 11.9. The molecule has 2 rings (SSSR count). The molecule has 0 bridgehead atoms. The fourth-order valence-corrected chi connectivity index (χ4v) is 3.62. The summed E-state index contributed by atoms with van der Waals surface area (Å²) in [6, 6.07) is 5.40. The van der Waals surface area contributed by atoms with Crippen LogP contribution in [0.3, 0.4) is 0 Å². The number of carbonyl (C=O) groups excluding carboxylic acids is 3. The molecule has 0 aliphatic carbocycles. The molecular weight excluding hydrogens is 390 g/mol. The van der Waals surface area contributed by atoms with E-state index in [0.29, 0.717) is 17.9 Å². The van der Waals surface area contributed by atoms with Crippen LogP contribution in [0.15, 0.2) is 23.6 Å². The standard InChI is InChI=1S/C20H27N5O3S/c1-12(2)21-19(28)9-25(5)10-20-24-18(11-29-20)16-7-6-15(22-13(3)26)8-17(16)23-14(4)27/h6-8,11-12H,9-10H2,1-5H3,(H,21,28)(H,22,26)(H,23,27). The van der Waals surface area contributed by atoms with Crippen molar-refractivity contribution in [2.45, 2.75) is 40.3 Å². The SMILES string of the molecule is CC(=O)Nc1ccc(-c2csc(CN(C)CC(=O)NC(C)C)n2)c(NC(C)=O)c1. The molecule has 1 heterocycles. The van der Waals surface area contributed by atoms with Crippen molar-refractivity contribution in [2.24, 2.45) is 0 Å². The number of anilines is 2. The van der Waals surface area contributed by atoms with Gasteiger partial charge in [0.1, 0.15) is 5.01 Å². The van der Waals surface area contributed by atoms with Gasteiger partial charge in [0.2, 0.25) is 17.7 Å². The topological polar surface area (TPSA) is 103 Å². The van der Waals surface area contributed by atoms with E-state index in [0.717, 1.165) is 16.3 Å². The fraction of sp³-hybridized carbons (Fsp3) is 0.400. The maximum Gasteiger partial charge on any atom is 0.234 e. The number of thiazole rings is 1. The minimum atomic E-state index is -0.211. The van der Waals surface area contributed by atoms with E-state index in [2.05, 4.69) is 20.9 Å². The van der Waals surface area contributed by atoms with Crippen LogP contribution in [0.2, 0.25) is 0 Å². The highest BCUT2D eigenvalue weighted by Crippen LogP contribution is 2.32. The second-order valence-corrected chi connectivity index (χ2v) is 8.09. The van der Waals surface area contributed by atoms with Crippen molar-refractivity contribution in [3.63, 3.8) is 0 Å². The minimum absolute atomic E-state index is 0.0271. The summed E-state index contributed by atoms with van der Waals surface area (Å²) in [5.74, 6) is -0.426. The smallest absolute Gasteiger partial charge is 0.234 e. The number of rotatable bonds is 8. The zero-order valence-electron chi connectivity index (χ0n) is 17.3. The van der Waals surface area contributed by atoms with E-state index in [-0.39, 0.29) is 30.3 Å². The van der Waals surface area contributed by atoms with Crippen LogP contribution < -0.4 is 16.0 Å². The average molecular weight is 418 g/mol. The van der Waals surface area contributed by atoms with Gasteiger partial charge in [-0.1, -0.05) is 0 Å². The normalized spacial score (nSPS) is 10.9. The third kappa shape index (κ3) is 7.28. The van der Waals surface area contributed by atoms with Gasteiger partial charge in [0.15, 0.2) is 0 Å². The zero-order chi connectivity index (χ0) is 21.6. The molecule has 0 unspecified atom stereocenters. The predicted molar refractivity (Wildman–Crippen MR) is 116 cm³/mol. The quantitative estimate of drug-likeness (QED) is 0.613. The summed E-state index contributed by atoms with van der Waals surface area (Å²) in [5, 5.41) is 11.1. The average Bonchev–Trinajstić information content (AvgIpc) is 3.00. The van der Waals surface area contributed by atoms with Crippen LogP contribution in [0.5, 0.6) is 0 Å². The summed E-state index contributed by atoms with van der Waals surface area (Å²) >= 11 is 1.49. The van der Waals surface area contributed by atoms with Gasteiger partial charge in [0, 0.05) is 36.5 Å². The first-order valence-electron chi connectivity index (χ1n) is 9.26. The second kappa shape index (κ2) is 10.1. The van der Waals surface area contributed by atoms with Crippen LogP contribution in [0.25, 0.3) is 11.3 Å². The number of amides is 3. The lowest BCUT2D eigenvalue weighted by Gasteiger charge is -2.16. The zero-order valence-corrected chi connectivity index (χ0v) is 18.1. The highest BCUT2D eigenvalue weighted by Gasteiger charge is 2.14. The molecule has 1 aromatic heterocycles. The lowest BCUT2D eigenvalue weighted by Crippen LogP contribution is -2.38. The molecule has 1 aromatic carbocycles. The van der Waals surface area contributed by atoms with Gasteiger partial charge in [-0.15, -0.1) is 11.3 Å². The van der Waals surface area contributed by atoms with E-state index in [1.165, 1.54) is 25.2 Å². The Balaban J connectivity index is 2.16. The molecule has 29 heavy (non-hydrogen) atoms. The molecule has 2 aromatic rings. The molecule has 0 spiro atoms. The third-order valence-corrected chi connectivity index (χ3v) is 4.58. The lowest BCUT2D eigenvalue weighted by atomic mass is 10.1. The van der Waals surface area contributed by atoms with Crippen molar-refractivity contribution in [1.29, 1.82) is 0 Å². The van der Waals surface area contributed by atoms with Crippen LogP contribution in [0, 0.1) is 0 Å². The highest BCUT2D eigenvalue weighted by molar-refractivity contribution is 7.09. The van der Waals surface area contributed by atoms with Crippen LogP contribution in [-0.4, -0.2) is 47.2 Å². The summed E-state index contributed by atoms with van der Waals surface area (Å²) in [7, 11) is 1.87. The molecule has 3 amide bonds. The number of benzene rings is 1. The Morgan fingerprint density at radius 3 is 2.45 bits per heavy atom. The van der Waals surface area contributed by atoms with Crippen LogP contribution >= 0.6 is 11.3 Å². The van der Waals surface area contributed by atoms with E-state index in [1.807, 2.05) is 37.2 Å².